The van der Waals surface area contributed by atoms with Gasteiger partial charge in [-0.3, -0.25) is 4.79 Å². The normalized spacial score (nSPS) is 11.6. The largest absolute Gasteiger partial charge is 0.490 e. The van der Waals surface area contributed by atoms with Crippen molar-refractivity contribution in [2.75, 3.05) is 6.61 Å². The van der Waals surface area contributed by atoms with Crippen LogP contribution in [0.5, 0.6) is 5.75 Å². The molecule has 5 nitrogen and oxygen atoms in total. The molecule has 0 aromatic heterocycles. The number of aliphatic carboxylic acids is 1. The van der Waals surface area contributed by atoms with Crippen molar-refractivity contribution < 1.29 is 14.6 Å². The van der Waals surface area contributed by atoms with Gasteiger partial charge in [0, 0.05) is 4.47 Å². The number of carboxylic acid groups (broad SMARTS) is 1. The van der Waals surface area contributed by atoms with Gasteiger partial charge in [0.25, 0.3) is 0 Å². The molecule has 0 saturated heterocycles. The predicted molar refractivity (Wildman–Crippen MR) is 60.0 cm³/mol. The maximum Gasteiger partial charge on any atom is 0.324 e. The van der Waals surface area contributed by atoms with Crippen molar-refractivity contribution in [2.24, 2.45) is 5.73 Å². The molecule has 1 aromatic rings. The highest BCUT2D eigenvalue weighted by atomic mass is 79.9. The van der Waals surface area contributed by atoms with Crippen LogP contribution in [0.3, 0.4) is 0 Å². The van der Waals surface area contributed by atoms with E-state index in [1.807, 2.05) is 6.07 Å². The van der Waals surface area contributed by atoms with Gasteiger partial charge < -0.3 is 15.6 Å². The SMILES string of the molecule is N#Cc1cc(Br)ccc1OCC(N)C(=O)O. The van der Waals surface area contributed by atoms with Crippen LogP contribution in [0.4, 0.5) is 0 Å². The highest BCUT2D eigenvalue weighted by Crippen LogP contribution is 2.22. The van der Waals surface area contributed by atoms with Crippen LogP contribution in [-0.4, -0.2) is 23.7 Å². The maximum absolute atomic E-state index is 10.5. The average molecular weight is 285 g/mol. The number of hydrogen-bond acceptors (Lipinski definition) is 4. The van der Waals surface area contributed by atoms with E-state index < -0.39 is 12.0 Å². The number of nitriles is 1. The van der Waals surface area contributed by atoms with Gasteiger partial charge in [0.2, 0.25) is 0 Å². The summed E-state index contributed by atoms with van der Waals surface area (Å²) in [5, 5.41) is 17.4. The van der Waals surface area contributed by atoms with Crippen molar-refractivity contribution in [3.63, 3.8) is 0 Å². The molecule has 0 amide bonds. The quantitative estimate of drug-likeness (QED) is 0.863. The molecule has 0 saturated carbocycles. The van der Waals surface area contributed by atoms with Crippen molar-refractivity contribution in [1.82, 2.24) is 0 Å². The van der Waals surface area contributed by atoms with Crippen molar-refractivity contribution in [1.29, 1.82) is 5.26 Å². The number of carbonyl (C=O) groups is 1. The Hall–Kier alpha value is -1.58. The number of ether oxygens (including phenoxy) is 1. The Morgan fingerprint density at radius 2 is 2.38 bits per heavy atom. The number of hydrogen-bond donors (Lipinski definition) is 2. The average Bonchev–Trinajstić information content (AvgIpc) is 2.26. The second-order valence-corrected chi connectivity index (χ2v) is 3.92. The summed E-state index contributed by atoms with van der Waals surface area (Å²) in [4.78, 5) is 10.5. The van der Waals surface area contributed by atoms with E-state index in [2.05, 4.69) is 15.9 Å². The third-order valence-electron chi connectivity index (χ3n) is 1.80. The zero-order chi connectivity index (χ0) is 12.1. The van der Waals surface area contributed by atoms with Gasteiger partial charge in [0.15, 0.2) is 0 Å². The Kier molecular flexibility index (Phi) is 4.28. The molecule has 0 spiro atoms. The van der Waals surface area contributed by atoms with E-state index in [4.69, 9.17) is 20.8 Å². The lowest BCUT2D eigenvalue weighted by molar-refractivity contribution is -0.139. The Bertz CT molecular complexity index is 442. The third-order valence-corrected chi connectivity index (χ3v) is 2.29. The molecular weight excluding hydrogens is 276 g/mol. The minimum atomic E-state index is -1.14. The second-order valence-electron chi connectivity index (χ2n) is 3.01. The van der Waals surface area contributed by atoms with E-state index >= 15 is 0 Å². The molecule has 0 aliphatic heterocycles. The van der Waals surface area contributed by atoms with Crippen molar-refractivity contribution in [2.45, 2.75) is 6.04 Å². The number of halogens is 1. The molecule has 0 aliphatic rings. The zero-order valence-corrected chi connectivity index (χ0v) is 9.77. The summed E-state index contributed by atoms with van der Waals surface area (Å²) in [6, 6.07) is 5.71. The van der Waals surface area contributed by atoms with Crippen LogP contribution in [0.1, 0.15) is 5.56 Å². The fraction of sp³-hybridized carbons (Fsp3) is 0.200. The molecule has 3 N–H and O–H groups in total. The summed E-state index contributed by atoms with van der Waals surface area (Å²) in [5.41, 5.74) is 5.59. The van der Waals surface area contributed by atoms with Crippen molar-refractivity contribution in [3.8, 4) is 11.8 Å². The zero-order valence-electron chi connectivity index (χ0n) is 8.18. The number of nitrogens with two attached hydrogens (primary N) is 1. The Morgan fingerprint density at radius 1 is 1.69 bits per heavy atom. The lowest BCUT2D eigenvalue weighted by Crippen LogP contribution is -2.36. The molecule has 0 radical (unpaired) electrons. The number of carboxylic acids is 1. The standard InChI is InChI=1S/C10H9BrN2O3/c11-7-1-2-9(6(3-7)4-12)16-5-8(13)10(14)15/h1-3,8H,5,13H2,(H,14,15). The molecule has 0 fully saturated rings. The third kappa shape index (κ3) is 3.22. The number of benzene rings is 1. The highest BCUT2D eigenvalue weighted by Gasteiger charge is 2.13. The topological polar surface area (TPSA) is 96.3 Å². The first kappa shape index (κ1) is 12.5. The summed E-state index contributed by atoms with van der Waals surface area (Å²) >= 11 is 3.21. The molecule has 1 aromatic carbocycles. The summed E-state index contributed by atoms with van der Waals surface area (Å²) in [6.07, 6.45) is 0. The monoisotopic (exact) mass is 284 g/mol. The summed E-state index contributed by atoms with van der Waals surface area (Å²) in [5.74, 6) is -0.821. The van der Waals surface area contributed by atoms with Crippen LogP contribution in [0, 0.1) is 11.3 Å². The minimum Gasteiger partial charge on any atom is -0.490 e. The molecule has 1 unspecified atom stereocenters. The second kappa shape index (κ2) is 5.49. The van der Waals surface area contributed by atoms with Crippen LogP contribution in [0.25, 0.3) is 0 Å². The molecule has 84 valence electrons. The Balaban J connectivity index is 2.75. The molecule has 0 heterocycles. The highest BCUT2D eigenvalue weighted by molar-refractivity contribution is 9.10. The number of rotatable bonds is 4. The first-order valence-electron chi connectivity index (χ1n) is 4.35. The summed E-state index contributed by atoms with van der Waals surface area (Å²) < 4.78 is 5.91. The van der Waals surface area contributed by atoms with Gasteiger partial charge in [0.05, 0.1) is 5.56 Å². The summed E-state index contributed by atoms with van der Waals surface area (Å²) in [7, 11) is 0. The van der Waals surface area contributed by atoms with E-state index in [1.165, 1.54) is 0 Å². The Morgan fingerprint density at radius 3 is 2.94 bits per heavy atom. The van der Waals surface area contributed by atoms with Crippen molar-refractivity contribution >= 4 is 21.9 Å². The van der Waals surface area contributed by atoms with Gasteiger partial charge in [-0.1, -0.05) is 15.9 Å². The van der Waals surface area contributed by atoms with E-state index in [0.717, 1.165) is 4.47 Å². The first-order valence-corrected chi connectivity index (χ1v) is 5.14. The fourth-order valence-electron chi connectivity index (χ4n) is 0.966. The first-order chi connectivity index (χ1) is 7.54. The molecule has 0 aliphatic carbocycles. The predicted octanol–water partition coefficient (Wildman–Crippen LogP) is 1.11. The molecule has 6 heteroatoms. The van der Waals surface area contributed by atoms with Gasteiger partial charge in [-0.05, 0) is 18.2 Å². The molecule has 1 rings (SSSR count). The van der Waals surface area contributed by atoms with Crippen molar-refractivity contribution in [3.05, 3.63) is 28.2 Å². The van der Waals surface area contributed by atoms with Crippen LogP contribution in [-0.2, 0) is 4.79 Å². The van der Waals surface area contributed by atoms with E-state index in [-0.39, 0.29) is 6.61 Å². The molecule has 16 heavy (non-hydrogen) atoms. The van der Waals surface area contributed by atoms with Crippen LogP contribution < -0.4 is 10.5 Å². The van der Waals surface area contributed by atoms with Gasteiger partial charge in [-0.15, -0.1) is 0 Å². The molecule has 1 atom stereocenters. The lowest BCUT2D eigenvalue weighted by atomic mass is 10.2. The minimum absolute atomic E-state index is 0.175. The van der Waals surface area contributed by atoms with Gasteiger partial charge >= 0.3 is 5.97 Å². The fourth-order valence-corrected chi connectivity index (χ4v) is 1.33. The van der Waals surface area contributed by atoms with Crippen LogP contribution in [0.2, 0.25) is 0 Å². The van der Waals surface area contributed by atoms with Crippen LogP contribution in [0.15, 0.2) is 22.7 Å². The van der Waals surface area contributed by atoms with Gasteiger partial charge in [-0.25, -0.2) is 0 Å². The number of nitrogens with zero attached hydrogens (tertiary/aromatic N) is 1. The van der Waals surface area contributed by atoms with E-state index in [9.17, 15) is 4.79 Å². The smallest absolute Gasteiger partial charge is 0.324 e. The van der Waals surface area contributed by atoms with E-state index in [0.29, 0.717) is 11.3 Å². The Labute approximate surface area is 101 Å². The lowest BCUT2D eigenvalue weighted by Gasteiger charge is -2.10. The van der Waals surface area contributed by atoms with E-state index in [1.54, 1.807) is 18.2 Å². The van der Waals surface area contributed by atoms with Crippen LogP contribution >= 0.6 is 15.9 Å². The maximum atomic E-state index is 10.5. The molecular formula is C10H9BrN2O3. The van der Waals surface area contributed by atoms with Gasteiger partial charge in [0.1, 0.15) is 24.5 Å². The molecule has 0 bridgehead atoms. The summed E-state index contributed by atoms with van der Waals surface area (Å²) in [6.45, 7) is -0.175. The van der Waals surface area contributed by atoms with Gasteiger partial charge in [-0.2, -0.15) is 5.26 Å².